The van der Waals surface area contributed by atoms with E-state index in [-0.39, 0.29) is 24.1 Å². The molecule has 0 unspecified atom stereocenters. The van der Waals surface area contributed by atoms with Crippen molar-refractivity contribution >= 4 is 5.97 Å². The van der Waals surface area contributed by atoms with Crippen LogP contribution in [0.15, 0.2) is 0 Å². The van der Waals surface area contributed by atoms with Crippen LogP contribution in [0, 0.1) is 5.92 Å². The lowest BCUT2D eigenvalue weighted by Gasteiger charge is -2.19. The average molecular weight is 200 g/mol. The van der Waals surface area contributed by atoms with Crippen LogP contribution in [-0.4, -0.2) is 31.1 Å². The second-order valence-electron chi connectivity index (χ2n) is 4.40. The Labute approximate surface area is 83.5 Å². The minimum absolute atomic E-state index is 0.0499. The van der Waals surface area contributed by atoms with Gasteiger partial charge in [0, 0.05) is 0 Å². The number of carbonyl (C=O) groups excluding carboxylic acids is 1. The van der Waals surface area contributed by atoms with Gasteiger partial charge in [0.1, 0.15) is 0 Å². The number of fused-ring (bicyclic) bond motifs is 1. The van der Waals surface area contributed by atoms with Crippen molar-refractivity contribution in [2.75, 3.05) is 7.11 Å². The van der Waals surface area contributed by atoms with Crippen LogP contribution in [0.25, 0.3) is 0 Å². The highest BCUT2D eigenvalue weighted by molar-refractivity contribution is 5.72. The third-order valence-electron chi connectivity index (χ3n) is 2.85. The number of methoxy groups -OCH3 is 1. The zero-order valence-electron chi connectivity index (χ0n) is 8.78. The van der Waals surface area contributed by atoms with E-state index in [9.17, 15) is 4.79 Å². The molecule has 1 aliphatic heterocycles. The Morgan fingerprint density at radius 1 is 1.29 bits per heavy atom. The molecule has 1 heterocycles. The number of hydrogen-bond acceptors (Lipinski definition) is 4. The highest BCUT2D eigenvalue weighted by atomic mass is 16.8. The van der Waals surface area contributed by atoms with Crippen molar-refractivity contribution in [1.82, 2.24) is 0 Å². The molecule has 0 N–H and O–H groups in total. The van der Waals surface area contributed by atoms with Crippen molar-refractivity contribution in [3.8, 4) is 0 Å². The van der Waals surface area contributed by atoms with Gasteiger partial charge in [-0.05, 0) is 26.7 Å². The molecule has 80 valence electrons. The Hall–Kier alpha value is -0.610. The van der Waals surface area contributed by atoms with Gasteiger partial charge < -0.3 is 14.2 Å². The van der Waals surface area contributed by atoms with Crippen LogP contribution in [0.1, 0.15) is 26.7 Å². The Morgan fingerprint density at radius 3 is 2.21 bits per heavy atom. The molecule has 14 heavy (non-hydrogen) atoms. The van der Waals surface area contributed by atoms with Gasteiger partial charge in [-0.25, -0.2) is 0 Å². The number of hydrogen-bond donors (Lipinski definition) is 0. The fourth-order valence-electron chi connectivity index (χ4n) is 2.32. The third kappa shape index (κ3) is 1.64. The summed E-state index contributed by atoms with van der Waals surface area (Å²) < 4.78 is 16.0. The Morgan fingerprint density at radius 2 is 1.79 bits per heavy atom. The lowest BCUT2D eigenvalue weighted by atomic mass is 10.1. The van der Waals surface area contributed by atoms with Gasteiger partial charge in [-0.2, -0.15) is 0 Å². The number of esters is 1. The van der Waals surface area contributed by atoms with E-state index in [1.807, 2.05) is 13.8 Å². The van der Waals surface area contributed by atoms with Crippen molar-refractivity contribution in [3.05, 3.63) is 0 Å². The Balaban J connectivity index is 1.97. The first-order valence-corrected chi connectivity index (χ1v) is 4.95. The molecule has 0 aromatic rings. The van der Waals surface area contributed by atoms with Crippen molar-refractivity contribution in [2.45, 2.75) is 44.7 Å². The standard InChI is InChI=1S/C10H16O4/c1-10(2)13-7-4-6(9(11)12-3)5-8(7)14-10/h6-8H,4-5H2,1-3H3/t6-,7-,8+. The van der Waals surface area contributed by atoms with E-state index in [1.54, 1.807) is 0 Å². The molecule has 2 rings (SSSR count). The van der Waals surface area contributed by atoms with Gasteiger partial charge in [0.05, 0.1) is 25.2 Å². The molecule has 1 saturated heterocycles. The van der Waals surface area contributed by atoms with Crippen LogP contribution in [0.3, 0.4) is 0 Å². The summed E-state index contributed by atoms with van der Waals surface area (Å²) in [4.78, 5) is 11.3. The molecule has 0 aromatic carbocycles. The highest BCUT2D eigenvalue weighted by Crippen LogP contribution is 2.41. The predicted octanol–water partition coefficient (Wildman–Crippen LogP) is 1.09. The Kier molecular flexibility index (Phi) is 2.27. The van der Waals surface area contributed by atoms with Crippen LogP contribution in [0.2, 0.25) is 0 Å². The molecular weight excluding hydrogens is 184 g/mol. The smallest absolute Gasteiger partial charge is 0.308 e. The zero-order chi connectivity index (χ0) is 10.3. The maximum atomic E-state index is 11.3. The molecule has 4 nitrogen and oxygen atoms in total. The van der Waals surface area contributed by atoms with Gasteiger partial charge >= 0.3 is 5.97 Å². The van der Waals surface area contributed by atoms with E-state index in [1.165, 1.54) is 7.11 Å². The quantitative estimate of drug-likeness (QED) is 0.594. The monoisotopic (exact) mass is 200 g/mol. The zero-order valence-corrected chi connectivity index (χ0v) is 8.78. The van der Waals surface area contributed by atoms with Crippen molar-refractivity contribution in [2.24, 2.45) is 5.92 Å². The summed E-state index contributed by atoms with van der Waals surface area (Å²) >= 11 is 0. The molecule has 1 aliphatic carbocycles. The first-order valence-electron chi connectivity index (χ1n) is 4.95. The largest absolute Gasteiger partial charge is 0.469 e. The molecule has 0 spiro atoms. The fourth-order valence-corrected chi connectivity index (χ4v) is 2.32. The van der Waals surface area contributed by atoms with Crippen molar-refractivity contribution in [3.63, 3.8) is 0 Å². The van der Waals surface area contributed by atoms with Crippen molar-refractivity contribution in [1.29, 1.82) is 0 Å². The maximum absolute atomic E-state index is 11.3. The molecule has 0 bridgehead atoms. The SMILES string of the molecule is COC(=O)[C@H]1C[C@@H]2OC(C)(C)O[C@@H]2C1. The summed E-state index contributed by atoms with van der Waals surface area (Å²) in [7, 11) is 1.42. The molecule has 0 aromatic heterocycles. The van der Waals surface area contributed by atoms with Crippen molar-refractivity contribution < 1.29 is 19.0 Å². The van der Waals surface area contributed by atoms with Crippen LogP contribution in [0.5, 0.6) is 0 Å². The van der Waals surface area contributed by atoms with E-state index in [0.717, 1.165) is 12.8 Å². The van der Waals surface area contributed by atoms with Gasteiger partial charge in [-0.3, -0.25) is 4.79 Å². The first kappa shape index (κ1) is 9.93. The second kappa shape index (κ2) is 3.21. The van der Waals surface area contributed by atoms with Gasteiger partial charge in [-0.1, -0.05) is 0 Å². The molecule has 2 fully saturated rings. The Bertz CT molecular complexity index is 233. The topological polar surface area (TPSA) is 44.8 Å². The minimum Gasteiger partial charge on any atom is -0.469 e. The van der Waals surface area contributed by atoms with Crippen LogP contribution < -0.4 is 0 Å². The van der Waals surface area contributed by atoms with Crippen LogP contribution in [-0.2, 0) is 19.0 Å². The maximum Gasteiger partial charge on any atom is 0.308 e. The number of rotatable bonds is 1. The number of ether oxygens (including phenoxy) is 3. The summed E-state index contributed by atoms with van der Waals surface area (Å²) in [6.07, 6.45) is 1.57. The molecule has 2 aliphatic rings. The predicted molar refractivity (Wildman–Crippen MR) is 48.6 cm³/mol. The molecular formula is C10H16O4. The van der Waals surface area contributed by atoms with Gasteiger partial charge in [0.2, 0.25) is 0 Å². The summed E-state index contributed by atoms with van der Waals surface area (Å²) in [5.41, 5.74) is 0. The van der Waals surface area contributed by atoms with Gasteiger partial charge in [0.15, 0.2) is 5.79 Å². The van der Waals surface area contributed by atoms with E-state index in [0.29, 0.717) is 0 Å². The van der Waals surface area contributed by atoms with Crippen LogP contribution >= 0.6 is 0 Å². The average Bonchev–Trinajstić information content (AvgIpc) is 2.56. The van der Waals surface area contributed by atoms with E-state index >= 15 is 0 Å². The van der Waals surface area contributed by atoms with Gasteiger partial charge in [-0.15, -0.1) is 0 Å². The fraction of sp³-hybridized carbons (Fsp3) is 0.900. The summed E-state index contributed by atoms with van der Waals surface area (Å²) in [5.74, 6) is -0.688. The lowest BCUT2D eigenvalue weighted by Crippen LogP contribution is -2.24. The lowest BCUT2D eigenvalue weighted by molar-refractivity contribution is -0.162. The number of carbonyl (C=O) groups is 1. The summed E-state index contributed by atoms with van der Waals surface area (Å²) in [5, 5.41) is 0. The molecule has 3 atom stereocenters. The normalized spacial score (nSPS) is 39.5. The third-order valence-corrected chi connectivity index (χ3v) is 2.85. The molecule has 0 amide bonds. The van der Waals surface area contributed by atoms with Gasteiger partial charge in [0.25, 0.3) is 0 Å². The van der Waals surface area contributed by atoms with E-state index in [2.05, 4.69) is 0 Å². The summed E-state index contributed by atoms with van der Waals surface area (Å²) in [6.45, 7) is 3.80. The minimum atomic E-state index is -0.490. The van der Waals surface area contributed by atoms with E-state index < -0.39 is 5.79 Å². The highest BCUT2D eigenvalue weighted by Gasteiger charge is 2.49. The van der Waals surface area contributed by atoms with E-state index in [4.69, 9.17) is 14.2 Å². The van der Waals surface area contributed by atoms with Crippen LogP contribution in [0.4, 0.5) is 0 Å². The molecule has 4 heteroatoms. The second-order valence-corrected chi connectivity index (χ2v) is 4.40. The molecule has 1 saturated carbocycles. The summed E-state index contributed by atoms with van der Waals surface area (Å²) in [6, 6.07) is 0. The molecule has 0 radical (unpaired) electrons. The first-order chi connectivity index (χ1) is 6.52.